The van der Waals surface area contributed by atoms with Crippen LogP contribution in [0.4, 0.5) is 17.1 Å². The van der Waals surface area contributed by atoms with Crippen molar-refractivity contribution in [2.75, 3.05) is 4.90 Å². The Labute approximate surface area is 330 Å². The number of para-hydroxylation sites is 3. The molecule has 0 aliphatic heterocycles. The minimum Gasteiger partial charge on any atom is -0.507 e. The summed E-state index contributed by atoms with van der Waals surface area (Å²) in [6, 6.07) is 54.9. The van der Waals surface area contributed by atoms with Crippen molar-refractivity contribution < 1.29 is 5.11 Å². The zero-order valence-electron chi connectivity index (χ0n) is 33.2. The van der Waals surface area contributed by atoms with Crippen molar-refractivity contribution in [2.24, 2.45) is 7.05 Å². The van der Waals surface area contributed by atoms with Crippen molar-refractivity contribution in [1.29, 1.82) is 0 Å². The Morgan fingerprint density at radius 3 is 1.70 bits per heavy atom. The monoisotopic (exact) mass is 732 g/mol. The summed E-state index contributed by atoms with van der Waals surface area (Å²) in [6.07, 6.45) is 0. The molecule has 278 valence electrons. The highest BCUT2D eigenvalue weighted by atomic mass is 16.3. The number of aromatic nitrogens is 3. The number of phenols is 1. The van der Waals surface area contributed by atoms with E-state index in [4.69, 9.17) is 9.97 Å². The first kappa shape index (κ1) is 36.5. The molecular weight excluding hydrogens is 685 g/mol. The van der Waals surface area contributed by atoms with E-state index in [1.165, 1.54) is 0 Å². The normalized spacial score (nSPS) is 11.9. The van der Waals surface area contributed by atoms with E-state index in [9.17, 15) is 5.11 Å². The van der Waals surface area contributed by atoms with E-state index in [2.05, 4.69) is 191 Å². The van der Waals surface area contributed by atoms with E-state index < -0.39 is 0 Å². The lowest BCUT2D eigenvalue weighted by atomic mass is 9.79. The summed E-state index contributed by atoms with van der Waals surface area (Å²) in [5, 5.41) is 11.9. The van der Waals surface area contributed by atoms with Crippen molar-refractivity contribution in [2.45, 2.75) is 52.4 Å². The average molecular weight is 733 g/mol. The Bertz CT molecular complexity index is 2630. The number of imidazole rings is 1. The molecule has 0 spiro atoms. The SMILES string of the molecule is Cn1c(-c2cc(C(C)(C)C)cc(C(C)(C)C)c2O)nc2c(-c3cc(N(c4ccccc4)c4ccccc4)cc(-c4cccc(-c5ccccc5)c4)n3)cccc21. The van der Waals surface area contributed by atoms with E-state index in [0.29, 0.717) is 5.82 Å². The summed E-state index contributed by atoms with van der Waals surface area (Å²) in [4.78, 5) is 13.1. The number of benzene rings is 6. The van der Waals surface area contributed by atoms with Gasteiger partial charge in [-0.05, 0) is 82.1 Å². The molecule has 6 aromatic carbocycles. The van der Waals surface area contributed by atoms with E-state index in [1.807, 2.05) is 25.2 Å². The van der Waals surface area contributed by atoms with Crippen LogP contribution in [0, 0.1) is 0 Å². The lowest BCUT2D eigenvalue weighted by Gasteiger charge is -2.27. The number of pyridine rings is 1. The summed E-state index contributed by atoms with van der Waals surface area (Å²) in [7, 11) is 2.03. The number of aromatic hydroxyl groups is 1. The third kappa shape index (κ3) is 6.97. The predicted octanol–water partition coefficient (Wildman–Crippen LogP) is 13.4. The second kappa shape index (κ2) is 14.3. The van der Waals surface area contributed by atoms with Gasteiger partial charge in [0, 0.05) is 35.1 Å². The maximum absolute atomic E-state index is 11.9. The lowest BCUT2D eigenvalue weighted by Crippen LogP contribution is -2.17. The van der Waals surface area contributed by atoms with Gasteiger partial charge in [-0.3, -0.25) is 0 Å². The van der Waals surface area contributed by atoms with Crippen LogP contribution in [0.15, 0.2) is 158 Å². The smallest absolute Gasteiger partial charge is 0.144 e. The molecule has 0 atom stereocenters. The van der Waals surface area contributed by atoms with Crippen LogP contribution in [-0.2, 0) is 17.9 Å². The van der Waals surface area contributed by atoms with Gasteiger partial charge in [-0.1, -0.05) is 145 Å². The molecule has 56 heavy (non-hydrogen) atoms. The third-order valence-electron chi connectivity index (χ3n) is 10.6. The first-order chi connectivity index (χ1) is 26.9. The van der Waals surface area contributed by atoms with Crippen molar-refractivity contribution in [3.63, 3.8) is 0 Å². The summed E-state index contributed by atoms with van der Waals surface area (Å²) in [5.41, 5.74) is 13.1. The number of rotatable bonds is 7. The molecule has 8 rings (SSSR count). The van der Waals surface area contributed by atoms with Crippen LogP contribution < -0.4 is 4.90 Å². The molecule has 0 aliphatic rings. The first-order valence-electron chi connectivity index (χ1n) is 19.3. The largest absolute Gasteiger partial charge is 0.507 e. The van der Waals surface area contributed by atoms with Crippen LogP contribution >= 0.6 is 0 Å². The molecule has 5 nitrogen and oxygen atoms in total. The van der Waals surface area contributed by atoms with Crippen LogP contribution in [0.3, 0.4) is 0 Å². The van der Waals surface area contributed by atoms with Crippen molar-refractivity contribution in [3.8, 4) is 50.8 Å². The number of aryl methyl sites for hydroxylation is 1. The summed E-state index contributed by atoms with van der Waals surface area (Å²) in [6.45, 7) is 13.1. The molecule has 2 aromatic heterocycles. The van der Waals surface area contributed by atoms with Gasteiger partial charge in [-0.25, -0.2) is 9.97 Å². The molecule has 1 N–H and O–H groups in total. The van der Waals surface area contributed by atoms with E-state index >= 15 is 0 Å². The number of hydrogen-bond acceptors (Lipinski definition) is 4. The van der Waals surface area contributed by atoms with Crippen LogP contribution in [0.1, 0.15) is 52.7 Å². The van der Waals surface area contributed by atoms with E-state index in [0.717, 1.165) is 78.4 Å². The zero-order valence-corrected chi connectivity index (χ0v) is 33.2. The van der Waals surface area contributed by atoms with Crippen LogP contribution in [-0.4, -0.2) is 19.6 Å². The Balaban J connectivity index is 1.37. The Kier molecular flexibility index (Phi) is 9.33. The molecule has 0 unspecified atom stereocenters. The topological polar surface area (TPSA) is 54.2 Å². The van der Waals surface area contributed by atoms with Crippen LogP contribution in [0.25, 0.3) is 56.1 Å². The van der Waals surface area contributed by atoms with E-state index in [1.54, 1.807) is 0 Å². The molecular formula is C51H48N4O. The zero-order chi connectivity index (χ0) is 39.2. The van der Waals surface area contributed by atoms with Crippen molar-refractivity contribution >= 4 is 28.1 Å². The van der Waals surface area contributed by atoms with Crippen molar-refractivity contribution in [3.05, 3.63) is 169 Å². The number of anilines is 3. The highest BCUT2D eigenvalue weighted by molar-refractivity contribution is 5.95. The number of hydrogen-bond donors (Lipinski definition) is 1. The fourth-order valence-electron chi connectivity index (χ4n) is 7.49. The van der Waals surface area contributed by atoms with Gasteiger partial charge < -0.3 is 14.6 Å². The van der Waals surface area contributed by atoms with Gasteiger partial charge in [0.25, 0.3) is 0 Å². The number of nitrogens with zero attached hydrogens (tertiary/aromatic N) is 4. The van der Waals surface area contributed by atoms with Gasteiger partial charge in [0.05, 0.1) is 33.7 Å². The quantitative estimate of drug-likeness (QED) is 0.177. The third-order valence-corrected chi connectivity index (χ3v) is 10.6. The standard InChI is InChI=1S/C51H48N4O/c1-50(2,3)37-30-42(48(56)43(31-37)51(4,5)6)49-53-47-41(27-18-28-46(47)54(49)7)45-33-40(55(38-23-13-9-14-24-38)39-25-15-10-16-26-39)32-44(52-45)36-22-17-21-35(29-36)34-19-11-8-12-20-34/h8-33,56H,1-7H3. The van der Waals surface area contributed by atoms with Gasteiger partial charge in [0.15, 0.2) is 0 Å². The minimum atomic E-state index is -0.266. The summed E-state index contributed by atoms with van der Waals surface area (Å²) < 4.78 is 2.10. The van der Waals surface area contributed by atoms with Gasteiger partial charge >= 0.3 is 0 Å². The van der Waals surface area contributed by atoms with Gasteiger partial charge in [0.2, 0.25) is 0 Å². The second-order valence-corrected chi connectivity index (χ2v) is 16.6. The summed E-state index contributed by atoms with van der Waals surface area (Å²) >= 11 is 0. The maximum atomic E-state index is 11.9. The molecule has 0 saturated carbocycles. The molecule has 0 saturated heterocycles. The Hall–Kier alpha value is -6.46. The lowest BCUT2D eigenvalue weighted by molar-refractivity contribution is 0.446. The molecule has 8 aromatic rings. The number of phenolic OH excluding ortho intramolecular Hbond substituents is 1. The van der Waals surface area contributed by atoms with Gasteiger partial charge in [0.1, 0.15) is 11.6 Å². The van der Waals surface area contributed by atoms with E-state index in [-0.39, 0.29) is 16.6 Å². The van der Waals surface area contributed by atoms with Gasteiger partial charge in [-0.2, -0.15) is 0 Å². The molecule has 0 amide bonds. The molecule has 2 heterocycles. The molecule has 0 fully saturated rings. The molecule has 0 bridgehead atoms. The summed E-state index contributed by atoms with van der Waals surface area (Å²) in [5.74, 6) is 0.983. The Morgan fingerprint density at radius 2 is 1.07 bits per heavy atom. The average Bonchev–Trinajstić information content (AvgIpc) is 3.54. The second-order valence-electron chi connectivity index (χ2n) is 16.6. The minimum absolute atomic E-state index is 0.125. The first-order valence-corrected chi connectivity index (χ1v) is 19.3. The van der Waals surface area contributed by atoms with Gasteiger partial charge in [-0.15, -0.1) is 0 Å². The molecule has 0 radical (unpaired) electrons. The van der Waals surface area contributed by atoms with Crippen LogP contribution in [0.5, 0.6) is 5.75 Å². The number of fused-ring (bicyclic) bond motifs is 1. The fraction of sp³-hybridized carbons (Fsp3) is 0.176. The maximum Gasteiger partial charge on any atom is 0.144 e. The molecule has 5 heteroatoms. The van der Waals surface area contributed by atoms with Crippen LogP contribution in [0.2, 0.25) is 0 Å². The highest BCUT2D eigenvalue weighted by Gasteiger charge is 2.28. The molecule has 0 aliphatic carbocycles. The fourth-order valence-corrected chi connectivity index (χ4v) is 7.49. The Morgan fingerprint density at radius 1 is 0.500 bits per heavy atom. The highest BCUT2D eigenvalue weighted by Crippen LogP contribution is 2.44. The van der Waals surface area contributed by atoms with Crippen molar-refractivity contribution in [1.82, 2.24) is 14.5 Å². The predicted molar refractivity (Wildman–Crippen MR) is 234 cm³/mol.